The van der Waals surface area contributed by atoms with E-state index < -0.39 is 6.04 Å². The Morgan fingerprint density at radius 3 is 2.85 bits per heavy atom. The van der Waals surface area contributed by atoms with E-state index in [1.807, 2.05) is 43.5 Å². The summed E-state index contributed by atoms with van der Waals surface area (Å²) in [6.07, 6.45) is 2.26. The molecular formula is C14H16N4O2. The van der Waals surface area contributed by atoms with E-state index in [4.69, 9.17) is 0 Å². The first kappa shape index (κ1) is 12.7. The highest BCUT2D eigenvalue weighted by Gasteiger charge is 2.40. The van der Waals surface area contributed by atoms with Crippen LogP contribution in [0.1, 0.15) is 13.3 Å². The first-order valence-electron chi connectivity index (χ1n) is 6.53. The van der Waals surface area contributed by atoms with Crippen LogP contribution in [-0.2, 0) is 9.59 Å². The maximum absolute atomic E-state index is 12.2. The molecule has 20 heavy (non-hydrogen) atoms. The van der Waals surface area contributed by atoms with Gasteiger partial charge in [0.15, 0.2) is 0 Å². The topological polar surface area (TPSA) is 73.5 Å². The monoisotopic (exact) mass is 272 g/mol. The second kappa shape index (κ2) is 4.97. The lowest BCUT2D eigenvalue weighted by Crippen LogP contribution is -2.48. The quantitative estimate of drug-likeness (QED) is 0.735. The van der Waals surface area contributed by atoms with Crippen molar-refractivity contribution in [3.8, 4) is 0 Å². The molecule has 3 rings (SSSR count). The van der Waals surface area contributed by atoms with Crippen LogP contribution in [0.25, 0.3) is 0 Å². The number of nitrogens with one attached hydrogen (secondary N) is 3. The lowest BCUT2D eigenvalue weighted by Gasteiger charge is -2.27. The Kier molecular flexibility index (Phi) is 3.15. The highest BCUT2D eigenvalue weighted by molar-refractivity contribution is 5.96. The molecule has 104 valence electrons. The van der Waals surface area contributed by atoms with Crippen LogP contribution >= 0.6 is 0 Å². The molecule has 2 unspecified atom stereocenters. The summed E-state index contributed by atoms with van der Waals surface area (Å²) in [5.74, 6) is -0.211. The van der Waals surface area contributed by atoms with E-state index in [2.05, 4.69) is 16.1 Å². The van der Waals surface area contributed by atoms with Gasteiger partial charge in [0, 0.05) is 24.0 Å². The maximum atomic E-state index is 12.2. The molecule has 1 aromatic rings. The summed E-state index contributed by atoms with van der Waals surface area (Å²) >= 11 is 0. The van der Waals surface area contributed by atoms with Crippen molar-refractivity contribution in [1.29, 1.82) is 0 Å². The highest BCUT2D eigenvalue weighted by Crippen LogP contribution is 2.20. The van der Waals surface area contributed by atoms with E-state index in [0.29, 0.717) is 6.42 Å². The van der Waals surface area contributed by atoms with E-state index in [1.165, 1.54) is 0 Å². The summed E-state index contributed by atoms with van der Waals surface area (Å²) in [5, 5.41) is 7.32. The molecule has 2 amide bonds. The standard InChI is InChI=1S/C14H16N4O2/c1-9-8-18-12(14(20)15-9)7-11(17-18)13(19)16-10-5-3-2-4-6-10/h2-6,8,11-12,17H,7H2,1H3,(H,15,20)(H,16,19). The van der Waals surface area contributed by atoms with Crippen molar-refractivity contribution in [3.63, 3.8) is 0 Å². The summed E-state index contributed by atoms with van der Waals surface area (Å²) in [6, 6.07) is 8.54. The molecule has 6 nitrogen and oxygen atoms in total. The summed E-state index contributed by atoms with van der Waals surface area (Å²) < 4.78 is 0. The molecule has 0 radical (unpaired) electrons. The minimum absolute atomic E-state index is 0.0764. The van der Waals surface area contributed by atoms with Crippen molar-refractivity contribution < 1.29 is 9.59 Å². The molecule has 2 aliphatic heterocycles. The minimum Gasteiger partial charge on any atom is -0.327 e. The zero-order valence-electron chi connectivity index (χ0n) is 11.1. The van der Waals surface area contributed by atoms with Crippen LogP contribution < -0.4 is 16.1 Å². The number of rotatable bonds is 2. The summed E-state index contributed by atoms with van der Waals surface area (Å²) in [5.41, 5.74) is 4.57. The van der Waals surface area contributed by atoms with E-state index in [0.717, 1.165) is 11.4 Å². The van der Waals surface area contributed by atoms with Crippen molar-refractivity contribution >= 4 is 17.5 Å². The van der Waals surface area contributed by atoms with Crippen LogP contribution in [0.15, 0.2) is 42.2 Å². The number of amides is 2. The molecule has 1 aromatic carbocycles. The van der Waals surface area contributed by atoms with E-state index in [1.54, 1.807) is 5.01 Å². The van der Waals surface area contributed by atoms with E-state index in [-0.39, 0.29) is 17.9 Å². The molecule has 0 aliphatic carbocycles. The van der Waals surface area contributed by atoms with Crippen molar-refractivity contribution in [2.75, 3.05) is 5.32 Å². The zero-order valence-corrected chi connectivity index (χ0v) is 11.1. The second-order valence-corrected chi connectivity index (χ2v) is 5.00. The number of allylic oxidation sites excluding steroid dienone is 1. The largest absolute Gasteiger partial charge is 0.327 e. The molecule has 6 heteroatoms. The molecule has 0 saturated carbocycles. The summed E-state index contributed by atoms with van der Waals surface area (Å²) in [6.45, 7) is 1.81. The maximum Gasteiger partial charge on any atom is 0.248 e. The van der Waals surface area contributed by atoms with Crippen LogP contribution in [-0.4, -0.2) is 28.9 Å². The smallest absolute Gasteiger partial charge is 0.248 e. The van der Waals surface area contributed by atoms with Crippen molar-refractivity contribution in [3.05, 3.63) is 42.2 Å². The molecule has 2 aliphatic rings. The lowest BCUT2D eigenvalue weighted by atomic mass is 10.1. The number of fused-ring (bicyclic) bond motifs is 1. The first-order chi connectivity index (χ1) is 9.63. The molecule has 1 saturated heterocycles. The number of anilines is 1. The van der Waals surface area contributed by atoms with Crippen LogP contribution in [0.4, 0.5) is 5.69 Å². The SMILES string of the molecule is CC1=CN2NC(C(=O)Nc3ccccc3)CC2C(=O)N1. The summed E-state index contributed by atoms with van der Waals surface area (Å²) in [4.78, 5) is 24.0. The Hall–Kier alpha value is -2.34. The predicted molar refractivity (Wildman–Crippen MR) is 74.1 cm³/mol. The number of hydrogen-bond donors (Lipinski definition) is 3. The van der Waals surface area contributed by atoms with Gasteiger partial charge >= 0.3 is 0 Å². The van der Waals surface area contributed by atoms with Crippen LogP contribution in [0.3, 0.4) is 0 Å². The number of nitrogens with zero attached hydrogens (tertiary/aromatic N) is 1. The van der Waals surface area contributed by atoms with Crippen LogP contribution in [0, 0.1) is 0 Å². The Bertz CT molecular complexity index is 570. The van der Waals surface area contributed by atoms with Gasteiger partial charge in [-0.15, -0.1) is 0 Å². The molecule has 2 heterocycles. The summed E-state index contributed by atoms with van der Waals surface area (Å²) in [7, 11) is 0. The van der Waals surface area contributed by atoms with Gasteiger partial charge in [-0.1, -0.05) is 18.2 Å². The number of hydrogen-bond acceptors (Lipinski definition) is 4. The number of hydrazine groups is 1. The number of para-hydroxylation sites is 1. The number of benzene rings is 1. The van der Waals surface area contributed by atoms with Crippen molar-refractivity contribution in [2.45, 2.75) is 25.4 Å². The van der Waals surface area contributed by atoms with E-state index >= 15 is 0 Å². The lowest BCUT2D eigenvalue weighted by molar-refractivity contribution is -0.125. The Labute approximate surface area is 116 Å². The highest BCUT2D eigenvalue weighted by atomic mass is 16.2. The first-order valence-corrected chi connectivity index (χ1v) is 6.53. The molecular weight excluding hydrogens is 256 g/mol. The van der Waals surface area contributed by atoms with Gasteiger partial charge in [-0.25, -0.2) is 5.43 Å². The second-order valence-electron chi connectivity index (χ2n) is 5.00. The Balaban J connectivity index is 1.68. The third-order valence-electron chi connectivity index (χ3n) is 3.41. The van der Waals surface area contributed by atoms with Gasteiger partial charge in [0.05, 0.1) is 0 Å². The van der Waals surface area contributed by atoms with Gasteiger partial charge in [-0.05, 0) is 19.1 Å². The predicted octanol–water partition coefficient (Wildman–Crippen LogP) is 0.564. The van der Waals surface area contributed by atoms with Gasteiger partial charge in [0.1, 0.15) is 12.1 Å². The van der Waals surface area contributed by atoms with Gasteiger partial charge < -0.3 is 15.6 Å². The number of carbonyl (C=O) groups excluding carboxylic acids is 2. The molecule has 1 fully saturated rings. The average molecular weight is 272 g/mol. The molecule has 0 bridgehead atoms. The minimum atomic E-state index is -0.409. The van der Waals surface area contributed by atoms with Crippen molar-refractivity contribution in [2.24, 2.45) is 0 Å². The Morgan fingerprint density at radius 2 is 2.10 bits per heavy atom. The zero-order chi connectivity index (χ0) is 14.1. The normalized spacial score (nSPS) is 24.8. The molecule has 2 atom stereocenters. The molecule has 3 N–H and O–H groups in total. The molecule has 0 spiro atoms. The van der Waals surface area contributed by atoms with Gasteiger partial charge in [0.2, 0.25) is 11.8 Å². The van der Waals surface area contributed by atoms with Crippen molar-refractivity contribution in [1.82, 2.24) is 15.8 Å². The van der Waals surface area contributed by atoms with Gasteiger partial charge in [-0.2, -0.15) is 0 Å². The fourth-order valence-corrected chi connectivity index (χ4v) is 2.46. The van der Waals surface area contributed by atoms with Crippen LogP contribution in [0.5, 0.6) is 0 Å². The van der Waals surface area contributed by atoms with Crippen LogP contribution in [0.2, 0.25) is 0 Å². The third kappa shape index (κ3) is 2.37. The Morgan fingerprint density at radius 1 is 1.35 bits per heavy atom. The fourth-order valence-electron chi connectivity index (χ4n) is 2.46. The van der Waals surface area contributed by atoms with E-state index in [9.17, 15) is 9.59 Å². The number of carbonyl (C=O) groups is 2. The fraction of sp³-hybridized carbons (Fsp3) is 0.286. The van der Waals surface area contributed by atoms with Gasteiger partial charge in [0.25, 0.3) is 0 Å². The average Bonchev–Trinajstić information content (AvgIpc) is 2.84. The van der Waals surface area contributed by atoms with Gasteiger partial charge in [-0.3, -0.25) is 9.59 Å². The molecule has 0 aromatic heterocycles. The third-order valence-corrected chi connectivity index (χ3v) is 3.41.